The topological polar surface area (TPSA) is 59.6 Å². The van der Waals surface area contributed by atoms with Crippen molar-refractivity contribution in [3.05, 3.63) is 90.0 Å². The third kappa shape index (κ3) is 7.12. The lowest BCUT2D eigenvalue weighted by Gasteiger charge is -2.15. The molecule has 0 atom stereocenters. The summed E-state index contributed by atoms with van der Waals surface area (Å²) in [7, 11) is 0. The van der Waals surface area contributed by atoms with Gasteiger partial charge in [0.05, 0.1) is 18.3 Å². The maximum atomic E-state index is 12.6. The molecule has 160 valence electrons. The minimum absolute atomic E-state index is 0.0348. The molecule has 0 heterocycles. The van der Waals surface area contributed by atoms with Crippen molar-refractivity contribution in [1.29, 1.82) is 0 Å². The molecule has 1 amide bonds. The molecule has 0 unspecified atom stereocenters. The first-order valence-electron chi connectivity index (χ1n) is 10.2. The second-order valence-electron chi connectivity index (χ2n) is 7.18. The van der Waals surface area contributed by atoms with Crippen LogP contribution in [0.15, 0.2) is 78.9 Å². The molecule has 0 fully saturated rings. The molecular weight excluding hydrogens is 408 g/mol. The van der Waals surface area contributed by atoms with E-state index < -0.39 is 0 Å². The van der Waals surface area contributed by atoms with Crippen molar-refractivity contribution < 1.29 is 14.3 Å². The first-order valence-corrected chi connectivity index (χ1v) is 10.6. The van der Waals surface area contributed by atoms with Crippen molar-refractivity contribution in [2.24, 2.45) is 0 Å². The molecule has 3 aromatic carbocycles. The fraction of sp³-hybridized carbons (Fsp3) is 0.200. The molecule has 0 aliphatic rings. The molecule has 3 aromatic rings. The van der Waals surface area contributed by atoms with Gasteiger partial charge in [-0.25, -0.2) is 0 Å². The van der Waals surface area contributed by atoms with Gasteiger partial charge in [-0.1, -0.05) is 42.5 Å². The average Bonchev–Trinajstić information content (AvgIpc) is 2.75. The van der Waals surface area contributed by atoms with Crippen molar-refractivity contribution in [2.45, 2.75) is 26.4 Å². The van der Waals surface area contributed by atoms with E-state index >= 15 is 0 Å². The molecule has 6 heteroatoms. The van der Waals surface area contributed by atoms with Gasteiger partial charge in [0.1, 0.15) is 11.5 Å². The monoisotopic (exact) mass is 434 g/mol. The van der Waals surface area contributed by atoms with Crippen molar-refractivity contribution in [3.8, 4) is 11.5 Å². The quantitative estimate of drug-likeness (QED) is 0.476. The molecule has 2 N–H and O–H groups in total. The van der Waals surface area contributed by atoms with Crippen molar-refractivity contribution >= 4 is 28.9 Å². The Morgan fingerprint density at radius 3 is 2.32 bits per heavy atom. The normalized spacial score (nSPS) is 10.4. The van der Waals surface area contributed by atoms with Crippen LogP contribution in [0, 0.1) is 0 Å². The second kappa shape index (κ2) is 11.1. The summed E-state index contributed by atoms with van der Waals surface area (Å²) < 4.78 is 11.5. The molecule has 0 aromatic heterocycles. The van der Waals surface area contributed by atoms with Crippen LogP contribution in [0.1, 0.15) is 29.8 Å². The minimum Gasteiger partial charge on any atom is -0.493 e. The maximum absolute atomic E-state index is 12.6. The van der Waals surface area contributed by atoms with Crippen LogP contribution in [0.3, 0.4) is 0 Å². The van der Waals surface area contributed by atoms with Gasteiger partial charge in [0.2, 0.25) is 0 Å². The average molecular weight is 435 g/mol. The fourth-order valence-corrected chi connectivity index (χ4v) is 3.12. The molecule has 3 rings (SSSR count). The van der Waals surface area contributed by atoms with Gasteiger partial charge in [-0.15, -0.1) is 0 Å². The number of para-hydroxylation sites is 1. The number of ether oxygens (including phenoxy) is 2. The number of carbonyl (C=O) groups is 1. The number of hydrogen-bond donors (Lipinski definition) is 2. The van der Waals surface area contributed by atoms with Crippen molar-refractivity contribution in [3.63, 3.8) is 0 Å². The lowest BCUT2D eigenvalue weighted by Crippen LogP contribution is -2.34. The smallest absolute Gasteiger partial charge is 0.261 e. The number of benzene rings is 3. The van der Waals surface area contributed by atoms with Gasteiger partial charge in [0, 0.05) is 12.1 Å². The van der Waals surface area contributed by atoms with Crippen LogP contribution in [0.2, 0.25) is 0 Å². The van der Waals surface area contributed by atoms with Crippen molar-refractivity contribution in [2.75, 3.05) is 11.9 Å². The highest BCUT2D eigenvalue weighted by molar-refractivity contribution is 7.80. The zero-order valence-electron chi connectivity index (χ0n) is 17.6. The number of thiocarbonyl (C=S) groups is 1. The van der Waals surface area contributed by atoms with Gasteiger partial charge in [-0.05, 0) is 68.0 Å². The predicted molar refractivity (Wildman–Crippen MR) is 128 cm³/mol. The van der Waals surface area contributed by atoms with E-state index in [-0.39, 0.29) is 17.1 Å². The van der Waals surface area contributed by atoms with Gasteiger partial charge in [0.15, 0.2) is 5.11 Å². The molecule has 5 nitrogen and oxygen atoms in total. The summed E-state index contributed by atoms with van der Waals surface area (Å²) in [5.74, 6) is 0.973. The molecule has 0 saturated carbocycles. The molecule has 0 spiro atoms. The van der Waals surface area contributed by atoms with Crippen LogP contribution < -0.4 is 20.1 Å². The highest BCUT2D eigenvalue weighted by Crippen LogP contribution is 2.20. The highest BCUT2D eigenvalue weighted by atomic mass is 32.1. The highest BCUT2D eigenvalue weighted by Gasteiger charge is 2.14. The van der Waals surface area contributed by atoms with Gasteiger partial charge in [-0.2, -0.15) is 0 Å². The summed E-state index contributed by atoms with van der Waals surface area (Å²) in [6, 6.07) is 24.7. The van der Waals surface area contributed by atoms with Crippen LogP contribution >= 0.6 is 12.2 Å². The third-order valence-electron chi connectivity index (χ3n) is 4.34. The van der Waals surface area contributed by atoms with Crippen LogP contribution in [-0.4, -0.2) is 23.7 Å². The van der Waals surface area contributed by atoms with Crippen LogP contribution in [-0.2, 0) is 6.42 Å². The molecule has 31 heavy (non-hydrogen) atoms. The Hall–Kier alpha value is -3.38. The van der Waals surface area contributed by atoms with E-state index in [2.05, 4.69) is 22.8 Å². The summed E-state index contributed by atoms with van der Waals surface area (Å²) in [4.78, 5) is 12.6. The first kappa shape index (κ1) is 22.3. The van der Waals surface area contributed by atoms with Gasteiger partial charge in [0.25, 0.3) is 5.91 Å². The number of anilines is 1. The fourth-order valence-electron chi connectivity index (χ4n) is 2.91. The molecule has 0 aliphatic heterocycles. The molecule has 0 bridgehead atoms. The predicted octanol–water partition coefficient (Wildman–Crippen LogP) is 5.22. The second-order valence-corrected chi connectivity index (χ2v) is 7.59. The van der Waals surface area contributed by atoms with Crippen LogP contribution in [0.25, 0.3) is 0 Å². The van der Waals surface area contributed by atoms with E-state index in [0.29, 0.717) is 17.9 Å². The maximum Gasteiger partial charge on any atom is 0.261 e. The lowest BCUT2D eigenvalue weighted by atomic mass is 10.2. The number of carbonyl (C=O) groups excluding carboxylic acids is 1. The van der Waals surface area contributed by atoms with Crippen LogP contribution in [0.4, 0.5) is 5.69 Å². The van der Waals surface area contributed by atoms with E-state index in [0.717, 1.165) is 17.9 Å². The summed E-state index contributed by atoms with van der Waals surface area (Å²) in [6.45, 7) is 4.43. The van der Waals surface area contributed by atoms with E-state index in [1.807, 2.05) is 62.4 Å². The third-order valence-corrected chi connectivity index (χ3v) is 4.54. The zero-order valence-corrected chi connectivity index (χ0v) is 18.4. The Kier molecular flexibility index (Phi) is 8.01. The van der Waals surface area contributed by atoms with Gasteiger partial charge < -0.3 is 14.8 Å². The SMILES string of the molecule is CC(C)Oc1ccccc1C(=O)NC(=S)Nc1ccc(OCCc2ccccc2)cc1. The largest absolute Gasteiger partial charge is 0.493 e. The Morgan fingerprint density at radius 2 is 1.61 bits per heavy atom. The number of nitrogens with one attached hydrogen (secondary N) is 2. The van der Waals surface area contributed by atoms with Crippen molar-refractivity contribution in [1.82, 2.24) is 5.32 Å². The standard InChI is InChI=1S/C25H26N2O3S/c1-18(2)30-23-11-7-6-10-22(23)24(28)27-25(31)26-20-12-14-21(15-13-20)29-17-16-19-8-4-3-5-9-19/h3-15,18H,16-17H2,1-2H3,(H2,26,27,28,31). The Bertz CT molecular complexity index is 1000. The summed E-state index contributed by atoms with van der Waals surface area (Å²) >= 11 is 5.29. The van der Waals surface area contributed by atoms with E-state index in [1.54, 1.807) is 18.2 Å². The Morgan fingerprint density at radius 1 is 0.935 bits per heavy atom. The summed E-state index contributed by atoms with van der Waals surface area (Å²) in [5, 5.41) is 5.92. The summed E-state index contributed by atoms with van der Waals surface area (Å²) in [5.41, 5.74) is 2.43. The van der Waals surface area contributed by atoms with Gasteiger partial charge in [-0.3, -0.25) is 10.1 Å². The summed E-state index contributed by atoms with van der Waals surface area (Å²) in [6.07, 6.45) is 0.811. The lowest BCUT2D eigenvalue weighted by molar-refractivity contribution is 0.0972. The number of hydrogen-bond acceptors (Lipinski definition) is 4. The molecular formula is C25H26N2O3S. The molecule has 0 saturated heterocycles. The first-order chi connectivity index (χ1) is 15.0. The van der Waals surface area contributed by atoms with Crippen LogP contribution in [0.5, 0.6) is 11.5 Å². The van der Waals surface area contributed by atoms with E-state index in [9.17, 15) is 4.79 Å². The Balaban J connectivity index is 1.50. The zero-order chi connectivity index (χ0) is 22.1. The van der Waals surface area contributed by atoms with E-state index in [4.69, 9.17) is 21.7 Å². The number of rotatable bonds is 8. The molecule has 0 aliphatic carbocycles. The Labute approximate surface area is 188 Å². The minimum atomic E-state index is -0.324. The molecule has 0 radical (unpaired) electrons. The number of amides is 1. The van der Waals surface area contributed by atoms with Gasteiger partial charge >= 0.3 is 0 Å². The van der Waals surface area contributed by atoms with E-state index in [1.165, 1.54) is 5.56 Å².